The van der Waals surface area contributed by atoms with Gasteiger partial charge in [-0.3, -0.25) is 0 Å². The van der Waals surface area contributed by atoms with Gasteiger partial charge in [-0.2, -0.15) is 0 Å². The minimum Gasteiger partial charge on any atom is -0.310 e. The van der Waals surface area contributed by atoms with Gasteiger partial charge in [-0.05, 0) is 42.9 Å². The first kappa shape index (κ1) is 13.4. The maximum Gasteiger partial charge on any atom is 0.0121 e. The van der Waals surface area contributed by atoms with Gasteiger partial charge in [0.2, 0.25) is 0 Å². The van der Waals surface area contributed by atoms with Crippen LogP contribution in [-0.4, -0.2) is 12.1 Å². The molecule has 100 valence electrons. The molecule has 2 aliphatic carbocycles. The summed E-state index contributed by atoms with van der Waals surface area (Å²) < 4.78 is 0. The lowest BCUT2D eigenvalue weighted by Gasteiger charge is -2.45. The second kappa shape index (κ2) is 5.30. The Kier molecular flexibility index (Phi) is 4.18. The van der Waals surface area contributed by atoms with E-state index in [4.69, 9.17) is 0 Å². The molecule has 2 rings (SSSR count). The van der Waals surface area contributed by atoms with Crippen LogP contribution in [0.15, 0.2) is 0 Å². The Morgan fingerprint density at radius 3 is 2.12 bits per heavy atom. The summed E-state index contributed by atoms with van der Waals surface area (Å²) in [5.74, 6) is 1.74. The van der Waals surface area contributed by atoms with Crippen molar-refractivity contribution in [3.05, 3.63) is 0 Å². The van der Waals surface area contributed by atoms with Crippen molar-refractivity contribution < 1.29 is 0 Å². The Hall–Kier alpha value is -0.0400. The molecule has 17 heavy (non-hydrogen) atoms. The fourth-order valence-corrected chi connectivity index (χ4v) is 4.05. The quantitative estimate of drug-likeness (QED) is 0.752. The van der Waals surface area contributed by atoms with E-state index in [1.165, 1.54) is 44.9 Å². The van der Waals surface area contributed by atoms with Gasteiger partial charge >= 0.3 is 0 Å². The molecule has 1 nitrogen and oxygen atoms in total. The molecule has 0 spiro atoms. The van der Waals surface area contributed by atoms with Gasteiger partial charge in [0.15, 0.2) is 0 Å². The molecule has 3 unspecified atom stereocenters. The molecular weight excluding hydrogens is 206 g/mol. The van der Waals surface area contributed by atoms with Crippen LogP contribution in [0.4, 0.5) is 0 Å². The lowest BCUT2D eigenvalue weighted by Crippen LogP contribution is -2.53. The molecule has 0 aliphatic heterocycles. The standard InChI is InChI=1S/C16H31N/c1-12-8-7-9-13(2)15(12)17-14-10-5-6-11-16(14,3)4/h12-15,17H,5-11H2,1-4H3. The van der Waals surface area contributed by atoms with Crippen LogP contribution in [0.1, 0.15) is 72.6 Å². The molecular formula is C16H31N. The van der Waals surface area contributed by atoms with Crippen molar-refractivity contribution in [1.29, 1.82) is 0 Å². The van der Waals surface area contributed by atoms with Gasteiger partial charge in [0, 0.05) is 12.1 Å². The third-order valence-corrected chi connectivity index (χ3v) is 5.45. The highest BCUT2D eigenvalue weighted by Gasteiger charge is 2.36. The maximum atomic E-state index is 4.05. The van der Waals surface area contributed by atoms with Crippen LogP contribution in [-0.2, 0) is 0 Å². The zero-order valence-electron chi connectivity index (χ0n) is 12.3. The van der Waals surface area contributed by atoms with Crippen molar-refractivity contribution >= 4 is 0 Å². The van der Waals surface area contributed by atoms with E-state index >= 15 is 0 Å². The molecule has 1 heteroatoms. The molecule has 3 atom stereocenters. The van der Waals surface area contributed by atoms with Crippen molar-refractivity contribution in [2.24, 2.45) is 17.3 Å². The van der Waals surface area contributed by atoms with Gasteiger partial charge in [0.05, 0.1) is 0 Å². The van der Waals surface area contributed by atoms with Gasteiger partial charge < -0.3 is 5.32 Å². The summed E-state index contributed by atoms with van der Waals surface area (Å²) in [4.78, 5) is 0. The zero-order chi connectivity index (χ0) is 12.5. The summed E-state index contributed by atoms with van der Waals surface area (Å²) in [6.07, 6.45) is 9.94. The van der Waals surface area contributed by atoms with E-state index < -0.39 is 0 Å². The molecule has 0 amide bonds. The van der Waals surface area contributed by atoms with Crippen LogP contribution in [0, 0.1) is 17.3 Å². The lowest BCUT2D eigenvalue weighted by atomic mass is 9.71. The Morgan fingerprint density at radius 2 is 1.53 bits per heavy atom. The van der Waals surface area contributed by atoms with E-state index in [-0.39, 0.29) is 0 Å². The normalized spacial score (nSPS) is 42.4. The maximum absolute atomic E-state index is 4.05. The molecule has 1 N–H and O–H groups in total. The Morgan fingerprint density at radius 1 is 0.882 bits per heavy atom. The van der Waals surface area contributed by atoms with Crippen LogP contribution in [0.25, 0.3) is 0 Å². The highest BCUT2D eigenvalue weighted by molar-refractivity contribution is 4.93. The van der Waals surface area contributed by atoms with E-state index in [0.29, 0.717) is 5.41 Å². The second-order valence-electron chi connectivity index (χ2n) is 7.36. The predicted molar refractivity (Wildman–Crippen MR) is 75.1 cm³/mol. The minimum atomic E-state index is 0.509. The first-order valence-electron chi connectivity index (χ1n) is 7.77. The van der Waals surface area contributed by atoms with Gasteiger partial charge in [-0.15, -0.1) is 0 Å². The molecule has 0 aromatic carbocycles. The SMILES string of the molecule is CC1CCCC(C)C1NC1CCCCC1(C)C. The molecule has 0 aromatic rings. The zero-order valence-corrected chi connectivity index (χ0v) is 12.3. The van der Waals surface area contributed by atoms with Crippen molar-refractivity contribution in [2.75, 3.05) is 0 Å². The summed E-state index contributed by atoms with van der Waals surface area (Å²) in [7, 11) is 0. The van der Waals surface area contributed by atoms with Crippen LogP contribution in [0.5, 0.6) is 0 Å². The minimum absolute atomic E-state index is 0.509. The first-order chi connectivity index (χ1) is 8.00. The highest BCUT2D eigenvalue weighted by atomic mass is 15.0. The average molecular weight is 237 g/mol. The monoisotopic (exact) mass is 237 g/mol. The summed E-state index contributed by atoms with van der Waals surface area (Å²) in [6.45, 7) is 9.82. The summed E-state index contributed by atoms with van der Waals surface area (Å²) in [5.41, 5.74) is 0.509. The van der Waals surface area contributed by atoms with Crippen LogP contribution in [0.3, 0.4) is 0 Å². The lowest BCUT2D eigenvalue weighted by molar-refractivity contribution is 0.110. The molecule has 2 saturated carbocycles. The molecule has 0 heterocycles. The smallest absolute Gasteiger partial charge is 0.0121 e. The Labute approximate surface area is 108 Å². The number of hydrogen-bond donors (Lipinski definition) is 1. The molecule has 0 radical (unpaired) electrons. The summed E-state index contributed by atoms with van der Waals surface area (Å²) in [6, 6.07) is 1.52. The largest absolute Gasteiger partial charge is 0.310 e. The van der Waals surface area contributed by atoms with Gasteiger partial charge in [0.25, 0.3) is 0 Å². The Bertz CT molecular complexity index is 236. The van der Waals surface area contributed by atoms with E-state index in [0.717, 1.165) is 23.9 Å². The molecule has 2 aliphatic rings. The summed E-state index contributed by atoms with van der Waals surface area (Å²) in [5, 5.41) is 4.05. The fraction of sp³-hybridized carbons (Fsp3) is 1.00. The number of hydrogen-bond acceptors (Lipinski definition) is 1. The average Bonchev–Trinajstić information content (AvgIpc) is 2.25. The second-order valence-corrected chi connectivity index (χ2v) is 7.36. The van der Waals surface area contributed by atoms with E-state index in [1.807, 2.05) is 0 Å². The number of rotatable bonds is 2. The van der Waals surface area contributed by atoms with E-state index in [9.17, 15) is 0 Å². The van der Waals surface area contributed by atoms with Crippen molar-refractivity contribution in [2.45, 2.75) is 84.7 Å². The third-order valence-electron chi connectivity index (χ3n) is 5.45. The van der Waals surface area contributed by atoms with Crippen molar-refractivity contribution in [3.63, 3.8) is 0 Å². The van der Waals surface area contributed by atoms with Crippen molar-refractivity contribution in [3.8, 4) is 0 Å². The fourth-order valence-electron chi connectivity index (χ4n) is 4.05. The highest BCUT2D eigenvalue weighted by Crippen LogP contribution is 2.38. The third kappa shape index (κ3) is 3.05. The van der Waals surface area contributed by atoms with Gasteiger partial charge in [-0.1, -0.05) is 47.0 Å². The van der Waals surface area contributed by atoms with Gasteiger partial charge in [-0.25, -0.2) is 0 Å². The topological polar surface area (TPSA) is 12.0 Å². The van der Waals surface area contributed by atoms with E-state index in [1.54, 1.807) is 0 Å². The van der Waals surface area contributed by atoms with Gasteiger partial charge in [0.1, 0.15) is 0 Å². The summed E-state index contributed by atoms with van der Waals surface area (Å²) >= 11 is 0. The van der Waals surface area contributed by atoms with Crippen LogP contribution in [0.2, 0.25) is 0 Å². The molecule has 0 aromatic heterocycles. The molecule has 0 bridgehead atoms. The van der Waals surface area contributed by atoms with Crippen molar-refractivity contribution in [1.82, 2.24) is 5.32 Å². The molecule has 2 fully saturated rings. The molecule has 0 saturated heterocycles. The van der Waals surface area contributed by atoms with E-state index in [2.05, 4.69) is 33.0 Å². The van der Waals surface area contributed by atoms with Crippen LogP contribution < -0.4 is 5.32 Å². The Balaban J connectivity index is 1.98. The predicted octanol–water partition coefficient (Wildman–Crippen LogP) is 4.37. The number of nitrogens with one attached hydrogen (secondary N) is 1. The first-order valence-corrected chi connectivity index (χ1v) is 7.77. The van der Waals surface area contributed by atoms with Crippen LogP contribution >= 0.6 is 0 Å².